The maximum Gasteiger partial charge on any atom is 0.223 e. The molecule has 3 aromatic rings. The van der Waals surface area contributed by atoms with E-state index in [4.69, 9.17) is 4.74 Å². The summed E-state index contributed by atoms with van der Waals surface area (Å²) in [7, 11) is 0. The number of benzene rings is 2. The van der Waals surface area contributed by atoms with Crippen molar-refractivity contribution in [3.63, 3.8) is 0 Å². The van der Waals surface area contributed by atoms with Gasteiger partial charge in [-0.3, -0.25) is 0 Å². The molecule has 0 aliphatic rings. The van der Waals surface area contributed by atoms with Gasteiger partial charge in [-0.2, -0.15) is 4.98 Å². The molecule has 3 nitrogen and oxygen atoms in total. The van der Waals surface area contributed by atoms with Gasteiger partial charge in [0.2, 0.25) is 5.88 Å². The second-order valence-electron chi connectivity index (χ2n) is 5.46. The van der Waals surface area contributed by atoms with Gasteiger partial charge >= 0.3 is 0 Å². The first-order chi connectivity index (χ1) is 11.6. The number of thioether (sulfide) groups is 1. The van der Waals surface area contributed by atoms with E-state index in [0.29, 0.717) is 16.8 Å². The zero-order chi connectivity index (χ0) is 16.9. The van der Waals surface area contributed by atoms with E-state index in [1.165, 1.54) is 23.3 Å². The van der Waals surface area contributed by atoms with Gasteiger partial charge in [-0.05, 0) is 43.7 Å². The molecule has 0 saturated carbocycles. The Hall–Kier alpha value is -2.40. The van der Waals surface area contributed by atoms with Crippen LogP contribution in [0.1, 0.15) is 16.8 Å². The lowest BCUT2D eigenvalue weighted by molar-refractivity contribution is 0.453. The van der Waals surface area contributed by atoms with Crippen LogP contribution in [0.3, 0.4) is 0 Å². The third kappa shape index (κ3) is 4.55. The zero-order valence-electron chi connectivity index (χ0n) is 13.5. The van der Waals surface area contributed by atoms with Crippen molar-refractivity contribution >= 4 is 11.8 Å². The van der Waals surface area contributed by atoms with Crippen molar-refractivity contribution in [3.05, 3.63) is 77.2 Å². The van der Waals surface area contributed by atoms with Crippen LogP contribution in [-0.2, 0) is 5.75 Å². The Morgan fingerprint density at radius 2 is 1.79 bits per heavy atom. The number of nitrogens with zero attached hydrogens (tertiary/aromatic N) is 2. The summed E-state index contributed by atoms with van der Waals surface area (Å²) in [6.45, 7) is 3.97. The van der Waals surface area contributed by atoms with E-state index < -0.39 is 0 Å². The highest BCUT2D eigenvalue weighted by Gasteiger charge is 2.06. The van der Waals surface area contributed by atoms with Crippen LogP contribution >= 0.6 is 11.8 Å². The molecule has 0 aliphatic heterocycles. The summed E-state index contributed by atoms with van der Waals surface area (Å²) in [4.78, 5) is 8.86. The van der Waals surface area contributed by atoms with Crippen molar-refractivity contribution < 1.29 is 9.13 Å². The average molecular weight is 340 g/mol. The molecule has 1 aromatic heterocycles. The fraction of sp³-hybridized carbons (Fsp3) is 0.158. The molecule has 0 radical (unpaired) electrons. The summed E-state index contributed by atoms with van der Waals surface area (Å²) < 4.78 is 18.7. The molecule has 0 atom stereocenters. The summed E-state index contributed by atoms with van der Waals surface area (Å²) in [5.41, 5.74) is 3.29. The fourth-order valence-electron chi connectivity index (χ4n) is 2.20. The van der Waals surface area contributed by atoms with Crippen molar-refractivity contribution in [1.82, 2.24) is 9.97 Å². The van der Waals surface area contributed by atoms with Gasteiger partial charge in [0.1, 0.15) is 11.6 Å². The minimum Gasteiger partial charge on any atom is -0.439 e. The van der Waals surface area contributed by atoms with E-state index in [2.05, 4.69) is 35.1 Å². The Morgan fingerprint density at radius 1 is 1.00 bits per heavy atom. The predicted molar refractivity (Wildman–Crippen MR) is 94.0 cm³/mol. The molecule has 0 fully saturated rings. The van der Waals surface area contributed by atoms with E-state index >= 15 is 0 Å². The van der Waals surface area contributed by atoms with Crippen LogP contribution < -0.4 is 4.74 Å². The van der Waals surface area contributed by atoms with Crippen LogP contribution in [0.5, 0.6) is 11.6 Å². The average Bonchev–Trinajstić information content (AvgIpc) is 2.55. The van der Waals surface area contributed by atoms with Crippen LogP contribution in [0.15, 0.2) is 59.8 Å². The largest absolute Gasteiger partial charge is 0.439 e. The lowest BCUT2D eigenvalue weighted by Crippen LogP contribution is -1.95. The van der Waals surface area contributed by atoms with Crippen LogP contribution in [0.4, 0.5) is 4.39 Å². The second kappa shape index (κ2) is 7.45. The molecule has 0 saturated heterocycles. The Kier molecular flexibility index (Phi) is 5.11. The number of aryl methyl sites for hydroxylation is 2. The molecule has 2 aromatic carbocycles. The summed E-state index contributed by atoms with van der Waals surface area (Å²) in [6, 6.07) is 16.0. The van der Waals surface area contributed by atoms with Crippen molar-refractivity contribution in [2.24, 2.45) is 0 Å². The highest BCUT2D eigenvalue weighted by Crippen LogP contribution is 2.25. The number of rotatable bonds is 5. The fourth-order valence-corrected chi connectivity index (χ4v) is 3.04. The highest BCUT2D eigenvalue weighted by atomic mass is 32.2. The van der Waals surface area contributed by atoms with Gasteiger partial charge < -0.3 is 4.74 Å². The first-order valence-electron chi connectivity index (χ1n) is 7.56. The molecule has 0 amide bonds. The van der Waals surface area contributed by atoms with Gasteiger partial charge in [-0.15, -0.1) is 0 Å². The molecule has 0 spiro atoms. The van der Waals surface area contributed by atoms with E-state index in [-0.39, 0.29) is 5.82 Å². The Balaban J connectivity index is 1.72. The second-order valence-corrected chi connectivity index (χ2v) is 6.41. The van der Waals surface area contributed by atoms with E-state index in [9.17, 15) is 4.39 Å². The molecule has 0 N–H and O–H groups in total. The predicted octanol–water partition coefficient (Wildman–Crippen LogP) is 5.32. The van der Waals surface area contributed by atoms with Crippen LogP contribution in [0, 0.1) is 19.7 Å². The van der Waals surface area contributed by atoms with Gasteiger partial charge in [0.15, 0.2) is 5.16 Å². The lowest BCUT2D eigenvalue weighted by Gasteiger charge is -2.08. The summed E-state index contributed by atoms with van der Waals surface area (Å²) in [5, 5.41) is 0.661. The van der Waals surface area contributed by atoms with Crippen molar-refractivity contribution in [3.8, 4) is 11.6 Å². The third-order valence-corrected chi connectivity index (χ3v) is 4.22. The number of aromatic nitrogens is 2. The SMILES string of the molecule is Cc1cccc(CSc2nc(C)cc(Oc3ccc(F)cc3)n2)c1. The number of hydrogen-bond acceptors (Lipinski definition) is 4. The molecule has 5 heteroatoms. The first-order valence-corrected chi connectivity index (χ1v) is 8.54. The Bertz CT molecular complexity index is 837. The molecule has 24 heavy (non-hydrogen) atoms. The standard InChI is InChI=1S/C19H17FN2OS/c1-13-4-3-5-15(10-13)12-24-19-21-14(2)11-18(22-19)23-17-8-6-16(20)7-9-17/h3-11H,12H2,1-2H3. The van der Waals surface area contributed by atoms with Crippen molar-refractivity contribution in [2.75, 3.05) is 0 Å². The smallest absolute Gasteiger partial charge is 0.223 e. The van der Waals surface area contributed by atoms with Gasteiger partial charge in [-0.25, -0.2) is 9.37 Å². The quantitative estimate of drug-likeness (QED) is 0.465. The maximum absolute atomic E-state index is 13.0. The maximum atomic E-state index is 13.0. The number of hydrogen-bond donors (Lipinski definition) is 0. The van der Waals surface area contributed by atoms with E-state index in [1.54, 1.807) is 30.0 Å². The van der Waals surface area contributed by atoms with Crippen molar-refractivity contribution in [1.29, 1.82) is 0 Å². The molecule has 122 valence electrons. The lowest BCUT2D eigenvalue weighted by atomic mass is 10.2. The minimum absolute atomic E-state index is 0.296. The molecule has 0 unspecified atom stereocenters. The van der Waals surface area contributed by atoms with Crippen LogP contribution in [0.2, 0.25) is 0 Å². The topological polar surface area (TPSA) is 35.0 Å². The zero-order valence-corrected chi connectivity index (χ0v) is 14.3. The van der Waals surface area contributed by atoms with Crippen molar-refractivity contribution in [2.45, 2.75) is 24.8 Å². The highest BCUT2D eigenvalue weighted by molar-refractivity contribution is 7.98. The van der Waals surface area contributed by atoms with E-state index in [1.807, 2.05) is 13.0 Å². The van der Waals surface area contributed by atoms with Gasteiger partial charge in [0, 0.05) is 17.5 Å². The summed E-state index contributed by atoms with van der Waals surface area (Å²) in [6.07, 6.45) is 0. The molecule has 3 rings (SSSR count). The minimum atomic E-state index is -0.296. The monoisotopic (exact) mass is 340 g/mol. The molecule has 0 bridgehead atoms. The number of ether oxygens (including phenoxy) is 1. The molecular weight excluding hydrogens is 323 g/mol. The van der Waals surface area contributed by atoms with Crippen LogP contribution in [-0.4, -0.2) is 9.97 Å². The van der Waals surface area contributed by atoms with Gasteiger partial charge in [0.25, 0.3) is 0 Å². The van der Waals surface area contributed by atoms with Crippen LogP contribution in [0.25, 0.3) is 0 Å². The number of halogens is 1. The molecule has 0 aliphatic carbocycles. The summed E-state index contributed by atoms with van der Waals surface area (Å²) >= 11 is 1.56. The van der Waals surface area contributed by atoms with E-state index in [0.717, 1.165) is 11.4 Å². The molecule has 1 heterocycles. The first kappa shape index (κ1) is 16.5. The summed E-state index contributed by atoms with van der Waals surface area (Å²) in [5.74, 6) is 1.50. The Morgan fingerprint density at radius 3 is 2.54 bits per heavy atom. The Labute approximate surface area is 144 Å². The normalized spacial score (nSPS) is 10.6. The third-order valence-electron chi connectivity index (χ3n) is 3.30. The molecular formula is C19H17FN2OS. The van der Waals surface area contributed by atoms with Gasteiger partial charge in [0.05, 0.1) is 0 Å². The van der Waals surface area contributed by atoms with Gasteiger partial charge in [-0.1, -0.05) is 41.6 Å².